The van der Waals surface area contributed by atoms with Gasteiger partial charge in [0.05, 0.1) is 17.8 Å². The number of nitrogens with one attached hydrogen (secondary N) is 1. The van der Waals surface area contributed by atoms with Crippen LogP contribution >= 0.6 is 11.6 Å². The van der Waals surface area contributed by atoms with Gasteiger partial charge in [-0.3, -0.25) is 5.10 Å². The third kappa shape index (κ3) is 3.32. The van der Waals surface area contributed by atoms with Gasteiger partial charge in [-0.2, -0.15) is 5.10 Å². The summed E-state index contributed by atoms with van der Waals surface area (Å²) in [4.78, 5) is 2.27. The van der Waals surface area contributed by atoms with Crippen LogP contribution in [0.15, 0.2) is 24.4 Å². The Morgan fingerprint density at radius 3 is 2.85 bits per heavy atom. The Morgan fingerprint density at radius 2 is 2.20 bits per heavy atom. The largest absolute Gasteiger partial charge is 0.497 e. The summed E-state index contributed by atoms with van der Waals surface area (Å²) in [5.41, 5.74) is 2.97. The molecule has 5 heteroatoms. The Hall–Kier alpha value is -1.52. The first-order chi connectivity index (χ1) is 9.65. The van der Waals surface area contributed by atoms with Gasteiger partial charge in [0, 0.05) is 23.9 Å². The average Bonchev–Trinajstić information content (AvgIpc) is 2.86. The van der Waals surface area contributed by atoms with Crippen molar-refractivity contribution in [3.8, 4) is 17.0 Å². The van der Waals surface area contributed by atoms with Crippen LogP contribution in [0.2, 0.25) is 5.02 Å². The summed E-state index contributed by atoms with van der Waals surface area (Å²) in [7, 11) is 3.74. The molecule has 0 amide bonds. The van der Waals surface area contributed by atoms with Gasteiger partial charge in [0.1, 0.15) is 5.75 Å². The molecule has 0 aliphatic heterocycles. The summed E-state index contributed by atoms with van der Waals surface area (Å²) in [6.07, 6.45) is 3.06. The third-order valence-electron chi connectivity index (χ3n) is 3.20. The Labute approximate surface area is 124 Å². The molecule has 20 heavy (non-hydrogen) atoms. The van der Waals surface area contributed by atoms with E-state index in [1.54, 1.807) is 7.11 Å². The summed E-state index contributed by atoms with van der Waals surface area (Å²) in [5, 5.41) is 7.92. The van der Waals surface area contributed by atoms with Crippen LogP contribution in [-0.2, 0) is 6.54 Å². The molecule has 1 heterocycles. The van der Waals surface area contributed by atoms with E-state index >= 15 is 0 Å². The van der Waals surface area contributed by atoms with Crippen molar-refractivity contribution in [1.82, 2.24) is 15.1 Å². The predicted octanol–water partition coefficient (Wildman–Crippen LogP) is 3.58. The van der Waals surface area contributed by atoms with Crippen molar-refractivity contribution >= 4 is 11.6 Å². The summed E-state index contributed by atoms with van der Waals surface area (Å²) < 4.78 is 5.17. The van der Waals surface area contributed by atoms with E-state index in [1.807, 2.05) is 24.4 Å². The lowest BCUT2D eigenvalue weighted by atomic mass is 10.1. The molecule has 108 valence electrons. The van der Waals surface area contributed by atoms with Gasteiger partial charge in [0.15, 0.2) is 0 Å². The number of aromatic amines is 1. The number of hydrogen-bond donors (Lipinski definition) is 1. The van der Waals surface area contributed by atoms with Crippen LogP contribution in [0.4, 0.5) is 0 Å². The molecule has 1 aromatic heterocycles. The van der Waals surface area contributed by atoms with Crippen molar-refractivity contribution in [3.05, 3.63) is 35.0 Å². The van der Waals surface area contributed by atoms with Crippen molar-refractivity contribution in [1.29, 1.82) is 0 Å². The lowest BCUT2D eigenvalue weighted by molar-refractivity contribution is 0.328. The first-order valence-corrected chi connectivity index (χ1v) is 7.08. The lowest BCUT2D eigenvalue weighted by Crippen LogP contribution is -2.18. The van der Waals surface area contributed by atoms with Crippen molar-refractivity contribution in [2.75, 3.05) is 20.7 Å². The smallest absolute Gasteiger partial charge is 0.120 e. The molecule has 2 rings (SSSR count). The second-order valence-corrected chi connectivity index (χ2v) is 5.25. The van der Waals surface area contributed by atoms with Crippen LogP contribution in [0.1, 0.15) is 18.9 Å². The minimum Gasteiger partial charge on any atom is -0.497 e. The minimum absolute atomic E-state index is 0.649. The zero-order valence-corrected chi connectivity index (χ0v) is 12.9. The first kappa shape index (κ1) is 14.9. The fourth-order valence-electron chi connectivity index (χ4n) is 2.24. The zero-order valence-electron chi connectivity index (χ0n) is 12.1. The number of halogens is 1. The van der Waals surface area contributed by atoms with Crippen molar-refractivity contribution < 1.29 is 4.74 Å². The second-order valence-electron chi connectivity index (χ2n) is 4.84. The highest BCUT2D eigenvalue weighted by atomic mass is 35.5. The zero-order chi connectivity index (χ0) is 14.5. The van der Waals surface area contributed by atoms with Gasteiger partial charge in [-0.1, -0.05) is 18.5 Å². The van der Waals surface area contributed by atoms with E-state index in [1.165, 1.54) is 0 Å². The van der Waals surface area contributed by atoms with Crippen LogP contribution in [0.25, 0.3) is 11.3 Å². The molecule has 0 aliphatic carbocycles. The van der Waals surface area contributed by atoms with Gasteiger partial charge in [0.2, 0.25) is 0 Å². The van der Waals surface area contributed by atoms with Crippen LogP contribution in [0.5, 0.6) is 5.75 Å². The second kappa shape index (κ2) is 6.77. The Kier molecular flexibility index (Phi) is 5.04. The Morgan fingerprint density at radius 1 is 1.40 bits per heavy atom. The van der Waals surface area contributed by atoms with Crippen molar-refractivity contribution in [2.45, 2.75) is 19.9 Å². The van der Waals surface area contributed by atoms with E-state index in [-0.39, 0.29) is 0 Å². The van der Waals surface area contributed by atoms with Crippen LogP contribution in [-0.4, -0.2) is 35.8 Å². The summed E-state index contributed by atoms with van der Waals surface area (Å²) >= 11 is 6.32. The maximum Gasteiger partial charge on any atom is 0.120 e. The molecule has 2 aromatic rings. The minimum atomic E-state index is 0.649. The predicted molar refractivity (Wildman–Crippen MR) is 82.2 cm³/mol. The van der Waals surface area contributed by atoms with Crippen molar-refractivity contribution in [2.24, 2.45) is 0 Å². The highest BCUT2D eigenvalue weighted by Gasteiger charge is 2.13. The lowest BCUT2D eigenvalue weighted by Gasteiger charge is -2.15. The molecule has 4 nitrogen and oxygen atoms in total. The molecule has 0 radical (unpaired) electrons. The van der Waals surface area contributed by atoms with Gasteiger partial charge in [-0.25, -0.2) is 0 Å². The summed E-state index contributed by atoms with van der Waals surface area (Å²) in [6.45, 7) is 4.08. The van der Waals surface area contributed by atoms with E-state index in [2.05, 4.69) is 29.1 Å². The fourth-order valence-corrected chi connectivity index (χ4v) is 2.50. The van der Waals surface area contributed by atoms with Gasteiger partial charge >= 0.3 is 0 Å². The van der Waals surface area contributed by atoms with Gasteiger partial charge in [0.25, 0.3) is 0 Å². The standard InChI is InChI=1S/C15H20ClN3O/c1-4-7-19(2)10-11-9-17-18-15(11)13-6-5-12(20-3)8-14(13)16/h5-6,8-9H,4,7,10H2,1-3H3,(H,17,18). The number of methoxy groups -OCH3 is 1. The van der Waals surface area contributed by atoms with E-state index in [0.29, 0.717) is 5.02 Å². The molecule has 1 N–H and O–H groups in total. The molecular weight excluding hydrogens is 274 g/mol. The molecule has 0 spiro atoms. The van der Waals surface area contributed by atoms with Gasteiger partial charge in [-0.15, -0.1) is 0 Å². The molecule has 0 fully saturated rings. The maximum absolute atomic E-state index is 6.32. The van der Waals surface area contributed by atoms with E-state index in [0.717, 1.165) is 42.1 Å². The van der Waals surface area contributed by atoms with Gasteiger partial charge in [-0.05, 0) is 38.2 Å². The SMILES string of the molecule is CCCN(C)Cc1c[nH]nc1-c1ccc(OC)cc1Cl. The maximum atomic E-state index is 6.32. The van der Waals surface area contributed by atoms with Gasteiger partial charge < -0.3 is 9.64 Å². The molecule has 0 bridgehead atoms. The number of ether oxygens (including phenoxy) is 1. The number of rotatable bonds is 6. The highest BCUT2D eigenvalue weighted by Crippen LogP contribution is 2.32. The number of H-pyrrole nitrogens is 1. The first-order valence-electron chi connectivity index (χ1n) is 6.70. The van der Waals surface area contributed by atoms with Crippen LogP contribution in [0.3, 0.4) is 0 Å². The van der Waals surface area contributed by atoms with E-state index < -0.39 is 0 Å². The topological polar surface area (TPSA) is 41.2 Å². The fraction of sp³-hybridized carbons (Fsp3) is 0.400. The average molecular weight is 294 g/mol. The molecular formula is C15H20ClN3O. The molecule has 0 unspecified atom stereocenters. The number of aromatic nitrogens is 2. The normalized spacial score (nSPS) is 11.1. The molecule has 0 atom stereocenters. The molecule has 0 saturated carbocycles. The quantitative estimate of drug-likeness (QED) is 0.885. The Bertz CT molecular complexity index is 568. The van der Waals surface area contributed by atoms with E-state index in [9.17, 15) is 0 Å². The number of benzene rings is 1. The number of nitrogens with zero attached hydrogens (tertiary/aromatic N) is 2. The van der Waals surface area contributed by atoms with E-state index in [4.69, 9.17) is 16.3 Å². The highest BCUT2D eigenvalue weighted by molar-refractivity contribution is 6.33. The third-order valence-corrected chi connectivity index (χ3v) is 3.51. The molecule has 1 aromatic carbocycles. The summed E-state index contributed by atoms with van der Waals surface area (Å²) in [5.74, 6) is 0.749. The molecule has 0 aliphatic rings. The Balaban J connectivity index is 2.27. The monoisotopic (exact) mass is 293 g/mol. The molecule has 0 saturated heterocycles. The number of hydrogen-bond acceptors (Lipinski definition) is 3. The summed E-state index contributed by atoms with van der Waals surface area (Å²) in [6, 6.07) is 5.65. The van der Waals surface area contributed by atoms with Crippen LogP contribution < -0.4 is 4.74 Å². The van der Waals surface area contributed by atoms with Crippen molar-refractivity contribution in [3.63, 3.8) is 0 Å². The van der Waals surface area contributed by atoms with Crippen LogP contribution in [0, 0.1) is 0 Å².